The molecule has 1 aromatic carbocycles. The highest BCUT2D eigenvalue weighted by atomic mass is 16.5. The van der Waals surface area contributed by atoms with Crippen molar-refractivity contribution in [3.05, 3.63) is 35.4 Å². The molecule has 0 radical (unpaired) electrons. The molecule has 2 saturated heterocycles. The van der Waals surface area contributed by atoms with Crippen LogP contribution < -0.4 is 5.32 Å². The molecule has 3 rings (SSSR count). The Morgan fingerprint density at radius 1 is 1.20 bits per heavy atom. The average molecular weight is 203 g/mol. The summed E-state index contributed by atoms with van der Waals surface area (Å²) >= 11 is 0. The van der Waals surface area contributed by atoms with Crippen LogP contribution >= 0.6 is 0 Å². The number of nitrogens with one attached hydrogen (secondary N) is 1. The summed E-state index contributed by atoms with van der Waals surface area (Å²) < 4.78 is 5.45. The lowest BCUT2D eigenvalue weighted by Gasteiger charge is -2.51. The lowest BCUT2D eigenvalue weighted by atomic mass is 9.66. The summed E-state index contributed by atoms with van der Waals surface area (Å²) in [5, 5.41) is 3.36. The highest BCUT2D eigenvalue weighted by Crippen LogP contribution is 2.41. The summed E-state index contributed by atoms with van der Waals surface area (Å²) in [6.45, 7) is 6.25. The third-order valence-electron chi connectivity index (χ3n) is 3.91. The van der Waals surface area contributed by atoms with E-state index in [-0.39, 0.29) is 0 Å². The van der Waals surface area contributed by atoms with Crippen molar-refractivity contribution in [1.82, 2.24) is 5.32 Å². The molecule has 0 atom stereocenters. The predicted molar refractivity (Wildman–Crippen MR) is 60.0 cm³/mol. The van der Waals surface area contributed by atoms with Crippen LogP contribution in [0.1, 0.15) is 11.1 Å². The Hall–Kier alpha value is -0.860. The molecule has 0 saturated carbocycles. The van der Waals surface area contributed by atoms with Crippen LogP contribution in [0.25, 0.3) is 0 Å². The third-order valence-corrected chi connectivity index (χ3v) is 3.91. The minimum absolute atomic E-state index is 0.318. The first-order valence-corrected chi connectivity index (χ1v) is 5.67. The second-order valence-corrected chi connectivity index (χ2v) is 4.87. The maximum Gasteiger partial charge on any atom is 0.0589 e. The van der Waals surface area contributed by atoms with E-state index in [0.717, 1.165) is 32.2 Å². The lowest BCUT2D eigenvalue weighted by Crippen LogP contribution is -2.62. The molecule has 0 aromatic heterocycles. The van der Waals surface area contributed by atoms with Gasteiger partial charge in [0.2, 0.25) is 0 Å². The topological polar surface area (TPSA) is 21.3 Å². The summed E-state index contributed by atoms with van der Waals surface area (Å²) in [6, 6.07) is 8.97. The third kappa shape index (κ3) is 1.32. The van der Waals surface area contributed by atoms with Crippen LogP contribution in [0.4, 0.5) is 0 Å². The van der Waals surface area contributed by atoms with Gasteiger partial charge in [-0.15, -0.1) is 0 Å². The molecule has 2 aliphatic heterocycles. The van der Waals surface area contributed by atoms with Crippen LogP contribution in [-0.2, 0) is 10.2 Å². The summed E-state index contributed by atoms with van der Waals surface area (Å²) in [4.78, 5) is 0. The van der Waals surface area contributed by atoms with Crippen molar-refractivity contribution in [1.29, 1.82) is 0 Å². The van der Waals surface area contributed by atoms with Gasteiger partial charge in [0, 0.05) is 18.5 Å². The second-order valence-electron chi connectivity index (χ2n) is 4.87. The van der Waals surface area contributed by atoms with Crippen molar-refractivity contribution < 1.29 is 4.74 Å². The molecule has 2 aliphatic rings. The first kappa shape index (κ1) is 9.37. The minimum Gasteiger partial charge on any atom is -0.379 e. The molecule has 2 nitrogen and oxygen atoms in total. The predicted octanol–water partition coefficient (Wildman–Crippen LogP) is 1.48. The van der Waals surface area contributed by atoms with E-state index in [1.165, 1.54) is 11.1 Å². The lowest BCUT2D eigenvalue weighted by molar-refractivity contribution is -0.101. The number of ether oxygens (including phenoxy) is 1. The monoisotopic (exact) mass is 203 g/mol. The van der Waals surface area contributed by atoms with Crippen LogP contribution in [-0.4, -0.2) is 26.3 Å². The van der Waals surface area contributed by atoms with Gasteiger partial charge < -0.3 is 10.1 Å². The standard InChI is InChI=1S/C13H17NO/c1-10-2-4-11(5-3-10)13(8-15-9-13)12-6-14-7-12/h2-5,12,14H,6-9H2,1H3. The van der Waals surface area contributed by atoms with Gasteiger partial charge >= 0.3 is 0 Å². The fourth-order valence-electron chi connectivity index (χ4n) is 2.52. The Morgan fingerprint density at radius 3 is 2.27 bits per heavy atom. The summed E-state index contributed by atoms with van der Waals surface area (Å²) in [5.41, 5.74) is 3.12. The number of aryl methyl sites for hydroxylation is 1. The van der Waals surface area contributed by atoms with Gasteiger partial charge in [-0.2, -0.15) is 0 Å². The number of benzene rings is 1. The minimum atomic E-state index is 0.318. The van der Waals surface area contributed by atoms with Crippen LogP contribution in [0, 0.1) is 12.8 Å². The van der Waals surface area contributed by atoms with Crippen LogP contribution in [0.15, 0.2) is 24.3 Å². The molecular formula is C13H17NO. The van der Waals surface area contributed by atoms with E-state index in [4.69, 9.17) is 4.74 Å². The molecule has 80 valence electrons. The maximum atomic E-state index is 5.45. The fraction of sp³-hybridized carbons (Fsp3) is 0.538. The Kier molecular flexibility index (Phi) is 2.08. The quantitative estimate of drug-likeness (QED) is 0.786. The molecule has 0 bridgehead atoms. The molecular weight excluding hydrogens is 186 g/mol. The molecule has 1 N–H and O–H groups in total. The zero-order valence-electron chi connectivity index (χ0n) is 9.12. The Labute approximate surface area is 90.6 Å². The van der Waals surface area contributed by atoms with Crippen LogP contribution in [0.3, 0.4) is 0 Å². The highest BCUT2D eigenvalue weighted by molar-refractivity contribution is 5.32. The van der Waals surface area contributed by atoms with Gasteiger partial charge in [-0.1, -0.05) is 29.8 Å². The van der Waals surface area contributed by atoms with Crippen molar-refractivity contribution >= 4 is 0 Å². The normalized spacial score (nSPS) is 24.3. The van der Waals surface area contributed by atoms with E-state index in [1.807, 2.05) is 0 Å². The SMILES string of the molecule is Cc1ccc(C2(C3CNC3)COC2)cc1. The Morgan fingerprint density at radius 2 is 1.87 bits per heavy atom. The molecule has 1 aromatic rings. The maximum absolute atomic E-state index is 5.45. The van der Waals surface area contributed by atoms with Crippen molar-refractivity contribution in [2.75, 3.05) is 26.3 Å². The van der Waals surface area contributed by atoms with Gasteiger partial charge in [-0.25, -0.2) is 0 Å². The second kappa shape index (κ2) is 3.32. The number of hydrogen-bond acceptors (Lipinski definition) is 2. The molecule has 2 fully saturated rings. The van der Waals surface area contributed by atoms with E-state index in [0.29, 0.717) is 5.41 Å². The zero-order chi connectivity index (χ0) is 10.3. The van der Waals surface area contributed by atoms with Gasteiger partial charge in [0.1, 0.15) is 0 Å². The molecule has 2 heteroatoms. The molecule has 0 aliphatic carbocycles. The van der Waals surface area contributed by atoms with Crippen molar-refractivity contribution in [3.8, 4) is 0 Å². The largest absolute Gasteiger partial charge is 0.379 e. The van der Waals surface area contributed by atoms with Gasteiger partial charge in [0.05, 0.1) is 13.2 Å². The van der Waals surface area contributed by atoms with Gasteiger partial charge in [-0.3, -0.25) is 0 Å². The first-order chi connectivity index (χ1) is 7.31. The van der Waals surface area contributed by atoms with E-state index < -0.39 is 0 Å². The summed E-state index contributed by atoms with van der Waals surface area (Å²) in [5.74, 6) is 0.772. The number of hydrogen-bond donors (Lipinski definition) is 1. The van der Waals surface area contributed by atoms with Crippen molar-refractivity contribution in [2.24, 2.45) is 5.92 Å². The van der Waals surface area contributed by atoms with Crippen molar-refractivity contribution in [3.63, 3.8) is 0 Å². The zero-order valence-corrected chi connectivity index (χ0v) is 9.12. The molecule has 0 amide bonds. The average Bonchev–Trinajstić information content (AvgIpc) is 2.10. The van der Waals surface area contributed by atoms with E-state index >= 15 is 0 Å². The van der Waals surface area contributed by atoms with Crippen LogP contribution in [0.5, 0.6) is 0 Å². The molecule has 0 unspecified atom stereocenters. The summed E-state index contributed by atoms with van der Waals surface area (Å²) in [6.07, 6.45) is 0. The smallest absolute Gasteiger partial charge is 0.0589 e. The van der Waals surface area contributed by atoms with Crippen molar-refractivity contribution in [2.45, 2.75) is 12.3 Å². The van der Waals surface area contributed by atoms with E-state index in [2.05, 4.69) is 36.5 Å². The summed E-state index contributed by atoms with van der Waals surface area (Å²) in [7, 11) is 0. The highest BCUT2D eigenvalue weighted by Gasteiger charge is 2.48. The van der Waals surface area contributed by atoms with E-state index in [1.54, 1.807) is 0 Å². The molecule has 0 spiro atoms. The van der Waals surface area contributed by atoms with Crippen LogP contribution in [0.2, 0.25) is 0 Å². The fourth-order valence-corrected chi connectivity index (χ4v) is 2.52. The Balaban J connectivity index is 1.92. The van der Waals surface area contributed by atoms with Gasteiger partial charge in [0.15, 0.2) is 0 Å². The van der Waals surface area contributed by atoms with Gasteiger partial charge in [-0.05, 0) is 18.4 Å². The Bertz CT molecular complexity index is 349. The van der Waals surface area contributed by atoms with E-state index in [9.17, 15) is 0 Å². The first-order valence-electron chi connectivity index (χ1n) is 5.67. The molecule has 15 heavy (non-hydrogen) atoms. The molecule has 2 heterocycles. The van der Waals surface area contributed by atoms with Gasteiger partial charge in [0.25, 0.3) is 0 Å². The number of rotatable bonds is 2.